The lowest BCUT2D eigenvalue weighted by Gasteiger charge is -2.36. The summed E-state index contributed by atoms with van der Waals surface area (Å²) in [7, 11) is 1.60. The number of urea groups is 1. The standard InChI is InChI=1S/C32H32N4O4/c1-19(2)15-16-33-30(37)23-12-5-7-14-26(23)36-31(38)27-18-24-22-11-4-6-13-25(22)34-28(24)29(35(27)32(36)39)20-9-8-10-21(17-20)40-3/h4-14,17,19,27,29,34H,15-16,18H2,1-3H3,(H,33,37)/t27-,29+/m0/s1. The van der Waals surface area contributed by atoms with E-state index in [1.165, 1.54) is 4.90 Å². The number of ether oxygens (including phenoxy) is 1. The Kier molecular flexibility index (Phi) is 6.54. The highest BCUT2D eigenvalue weighted by Gasteiger charge is 2.53. The quantitative estimate of drug-likeness (QED) is 0.308. The van der Waals surface area contributed by atoms with Crippen LogP contribution in [-0.2, 0) is 11.2 Å². The van der Waals surface area contributed by atoms with Crippen LogP contribution < -0.4 is 15.0 Å². The average molecular weight is 537 g/mol. The molecule has 3 aromatic carbocycles. The van der Waals surface area contributed by atoms with Crippen molar-refractivity contribution in [2.75, 3.05) is 18.6 Å². The number of hydrogen-bond donors (Lipinski definition) is 2. The molecule has 40 heavy (non-hydrogen) atoms. The van der Waals surface area contributed by atoms with E-state index in [0.29, 0.717) is 35.9 Å². The first kappa shape index (κ1) is 25.7. The molecule has 1 fully saturated rings. The van der Waals surface area contributed by atoms with Crippen molar-refractivity contribution < 1.29 is 19.1 Å². The lowest BCUT2D eigenvalue weighted by Crippen LogP contribution is -2.44. The van der Waals surface area contributed by atoms with Gasteiger partial charge in [0.05, 0.1) is 18.4 Å². The Morgan fingerprint density at radius 3 is 2.62 bits per heavy atom. The molecule has 0 radical (unpaired) electrons. The largest absolute Gasteiger partial charge is 0.497 e. The summed E-state index contributed by atoms with van der Waals surface area (Å²) in [5.41, 5.74) is 4.30. The first-order valence-corrected chi connectivity index (χ1v) is 13.7. The van der Waals surface area contributed by atoms with Crippen LogP contribution in [-0.4, -0.2) is 47.4 Å². The van der Waals surface area contributed by atoms with Gasteiger partial charge < -0.3 is 15.0 Å². The minimum absolute atomic E-state index is 0.298. The highest BCUT2D eigenvalue weighted by Crippen LogP contribution is 2.45. The third-order valence-corrected chi connectivity index (χ3v) is 7.86. The summed E-state index contributed by atoms with van der Waals surface area (Å²) in [6.07, 6.45) is 1.21. The number of para-hydroxylation sites is 2. The number of aromatic amines is 1. The van der Waals surface area contributed by atoms with Gasteiger partial charge in [-0.25, -0.2) is 9.69 Å². The van der Waals surface area contributed by atoms with Crippen molar-refractivity contribution >= 4 is 34.4 Å². The molecule has 8 heteroatoms. The fraction of sp³-hybridized carbons (Fsp3) is 0.281. The molecule has 6 rings (SSSR count). The first-order valence-electron chi connectivity index (χ1n) is 13.7. The topological polar surface area (TPSA) is 94.7 Å². The number of nitrogens with one attached hydrogen (secondary N) is 2. The number of hydrogen-bond acceptors (Lipinski definition) is 4. The van der Waals surface area contributed by atoms with Crippen LogP contribution in [0.1, 0.15) is 53.5 Å². The number of nitrogens with zero attached hydrogens (tertiary/aromatic N) is 2. The fourth-order valence-electron chi connectivity index (χ4n) is 5.88. The molecule has 0 saturated carbocycles. The lowest BCUT2D eigenvalue weighted by atomic mass is 9.89. The van der Waals surface area contributed by atoms with Crippen molar-refractivity contribution in [3.63, 3.8) is 0 Å². The third-order valence-electron chi connectivity index (χ3n) is 7.86. The number of carbonyl (C=O) groups is 3. The van der Waals surface area contributed by atoms with Gasteiger partial charge in [0.2, 0.25) is 0 Å². The van der Waals surface area contributed by atoms with E-state index in [-0.39, 0.29) is 11.8 Å². The van der Waals surface area contributed by atoms with Gasteiger partial charge in [-0.2, -0.15) is 0 Å². The van der Waals surface area contributed by atoms with E-state index < -0.39 is 18.1 Å². The number of aromatic nitrogens is 1. The molecule has 8 nitrogen and oxygen atoms in total. The molecule has 2 N–H and O–H groups in total. The predicted molar refractivity (Wildman–Crippen MR) is 154 cm³/mol. The zero-order chi connectivity index (χ0) is 28.0. The summed E-state index contributed by atoms with van der Waals surface area (Å²) in [5, 5.41) is 3.98. The Morgan fingerprint density at radius 1 is 1.05 bits per heavy atom. The summed E-state index contributed by atoms with van der Waals surface area (Å²) < 4.78 is 5.50. The maximum absolute atomic E-state index is 14.2. The molecule has 2 aliphatic rings. The van der Waals surface area contributed by atoms with Crippen molar-refractivity contribution in [2.24, 2.45) is 5.92 Å². The van der Waals surface area contributed by atoms with Crippen LogP contribution in [0.25, 0.3) is 10.9 Å². The molecule has 4 amide bonds. The van der Waals surface area contributed by atoms with Crippen molar-refractivity contribution in [2.45, 2.75) is 38.8 Å². The van der Waals surface area contributed by atoms with Gasteiger partial charge in [-0.15, -0.1) is 0 Å². The molecule has 1 aromatic heterocycles. The Morgan fingerprint density at radius 2 is 1.82 bits per heavy atom. The van der Waals surface area contributed by atoms with E-state index in [1.54, 1.807) is 36.3 Å². The van der Waals surface area contributed by atoms with E-state index in [1.807, 2.05) is 48.5 Å². The number of methoxy groups -OCH3 is 1. The lowest BCUT2D eigenvalue weighted by molar-refractivity contribution is -0.120. The number of amides is 4. The maximum atomic E-state index is 14.2. The molecule has 0 aliphatic carbocycles. The molecule has 1 saturated heterocycles. The molecule has 0 unspecified atom stereocenters. The van der Waals surface area contributed by atoms with Gasteiger partial charge in [0, 0.05) is 29.6 Å². The van der Waals surface area contributed by atoms with E-state index in [4.69, 9.17) is 4.74 Å². The van der Waals surface area contributed by atoms with E-state index >= 15 is 0 Å². The SMILES string of the molecule is COc1cccc([C@@H]2c3[nH]c4ccccc4c3C[C@H]3C(=O)N(c4ccccc4C(=O)NCCC(C)C)C(=O)N23)c1. The molecule has 204 valence electrons. The van der Waals surface area contributed by atoms with Crippen molar-refractivity contribution in [1.29, 1.82) is 0 Å². The highest BCUT2D eigenvalue weighted by atomic mass is 16.5. The van der Waals surface area contributed by atoms with Crippen molar-refractivity contribution in [3.8, 4) is 5.75 Å². The van der Waals surface area contributed by atoms with Gasteiger partial charge in [-0.1, -0.05) is 56.3 Å². The van der Waals surface area contributed by atoms with Crippen molar-refractivity contribution in [1.82, 2.24) is 15.2 Å². The second kappa shape index (κ2) is 10.2. The van der Waals surface area contributed by atoms with E-state index in [2.05, 4.69) is 24.1 Å². The Balaban J connectivity index is 1.44. The van der Waals surface area contributed by atoms with Crippen LogP contribution in [0, 0.1) is 5.92 Å². The maximum Gasteiger partial charge on any atom is 0.332 e. The summed E-state index contributed by atoms with van der Waals surface area (Å²) in [4.78, 5) is 47.9. The van der Waals surface area contributed by atoms with E-state index in [9.17, 15) is 14.4 Å². The zero-order valence-corrected chi connectivity index (χ0v) is 22.8. The van der Waals surface area contributed by atoms with Gasteiger partial charge in [0.15, 0.2) is 0 Å². The summed E-state index contributed by atoms with van der Waals surface area (Å²) in [5.74, 6) is 0.462. The van der Waals surface area contributed by atoms with Gasteiger partial charge >= 0.3 is 6.03 Å². The van der Waals surface area contributed by atoms with Crippen LogP contribution in [0.4, 0.5) is 10.5 Å². The van der Waals surface area contributed by atoms with Crippen LogP contribution in [0.5, 0.6) is 5.75 Å². The molecular weight excluding hydrogens is 504 g/mol. The normalized spacial score (nSPS) is 18.3. The Bertz CT molecular complexity index is 1620. The second-order valence-corrected chi connectivity index (χ2v) is 10.8. The van der Waals surface area contributed by atoms with Gasteiger partial charge in [0.25, 0.3) is 11.8 Å². The minimum atomic E-state index is -0.715. The number of imide groups is 1. The predicted octanol–water partition coefficient (Wildman–Crippen LogP) is 5.44. The first-order chi connectivity index (χ1) is 19.4. The van der Waals surface area contributed by atoms with Crippen LogP contribution in [0.15, 0.2) is 72.8 Å². The third kappa shape index (κ3) is 4.20. The van der Waals surface area contributed by atoms with Gasteiger partial charge in [-0.3, -0.25) is 14.5 Å². The Hall–Kier alpha value is -4.59. The average Bonchev–Trinajstić information content (AvgIpc) is 3.45. The summed E-state index contributed by atoms with van der Waals surface area (Å²) in [6, 6.07) is 20.7. The molecule has 4 aromatic rings. The monoisotopic (exact) mass is 536 g/mol. The number of rotatable bonds is 7. The minimum Gasteiger partial charge on any atom is -0.497 e. The van der Waals surface area contributed by atoms with Crippen molar-refractivity contribution in [3.05, 3.63) is 95.2 Å². The fourth-order valence-corrected chi connectivity index (χ4v) is 5.88. The van der Waals surface area contributed by atoms with E-state index in [0.717, 1.165) is 34.1 Å². The van der Waals surface area contributed by atoms with Crippen LogP contribution in [0.2, 0.25) is 0 Å². The molecule has 3 heterocycles. The smallest absolute Gasteiger partial charge is 0.332 e. The van der Waals surface area contributed by atoms with Gasteiger partial charge in [-0.05, 0) is 53.8 Å². The summed E-state index contributed by atoms with van der Waals surface area (Å²) in [6.45, 7) is 4.70. The molecule has 0 bridgehead atoms. The van der Waals surface area contributed by atoms with Crippen LogP contribution in [0.3, 0.4) is 0 Å². The number of carbonyl (C=O) groups excluding carboxylic acids is 3. The number of benzene rings is 3. The molecule has 2 atom stereocenters. The highest BCUT2D eigenvalue weighted by molar-refractivity contribution is 6.24. The zero-order valence-electron chi connectivity index (χ0n) is 22.8. The molecule has 2 aliphatic heterocycles. The van der Waals surface area contributed by atoms with Crippen LogP contribution >= 0.6 is 0 Å². The number of anilines is 1. The number of fused-ring (bicyclic) bond motifs is 4. The second-order valence-electron chi connectivity index (χ2n) is 10.8. The molecule has 0 spiro atoms. The summed E-state index contributed by atoms with van der Waals surface area (Å²) >= 11 is 0. The Labute approximate surface area is 232 Å². The number of H-pyrrole nitrogens is 1. The molecular formula is C32H32N4O4. The van der Waals surface area contributed by atoms with Gasteiger partial charge in [0.1, 0.15) is 17.8 Å².